The number of hydrogen-bond donors (Lipinski definition) is 3. The number of ether oxygens (including phenoxy) is 2. The van der Waals surface area contributed by atoms with E-state index in [2.05, 4.69) is 25.2 Å². The van der Waals surface area contributed by atoms with E-state index in [1.807, 2.05) is 61.6 Å². The van der Waals surface area contributed by atoms with Crippen molar-refractivity contribution in [2.45, 2.75) is 6.54 Å². The predicted octanol–water partition coefficient (Wildman–Crippen LogP) is 3.92. The molecule has 5 rings (SSSR count). The van der Waals surface area contributed by atoms with Crippen molar-refractivity contribution in [1.29, 1.82) is 5.26 Å². The molecule has 0 aliphatic carbocycles. The maximum absolute atomic E-state index is 11.9. The molecular formula is C29H26N8O3. The Hall–Kier alpha value is -5.63. The highest BCUT2D eigenvalue weighted by molar-refractivity contribution is 6.00. The summed E-state index contributed by atoms with van der Waals surface area (Å²) in [5.41, 5.74) is 14.0. The smallest absolute Gasteiger partial charge is 0.327 e. The average Bonchev–Trinajstić information content (AvgIpc) is 3.40. The summed E-state index contributed by atoms with van der Waals surface area (Å²) < 4.78 is 12.0. The number of aliphatic imine (C=N–C) groups is 1. The third kappa shape index (κ3) is 5.76. The van der Waals surface area contributed by atoms with Gasteiger partial charge in [-0.3, -0.25) is 9.79 Å². The maximum Gasteiger partial charge on any atom is 0.327 e. The van der Waals surface area contributed by atoms with Gasteiger partial charge in [0.25, 0.3) is 5.88 Å². The number of nitrogens with zero attached hydrogens (tertiary/aromatic N) is 5. The van der Waals surface area contributed by atoms with E-state index >= 15 is 0 Å². The zero-order valence-electron chi connectivity index (χ0n) is 21.7. The Morgan fingerprint density at radius 2 is 1.85 bits per heavy atom. The molecule has 0 atom stereocenters. The van der Waals surface area contributed by atoms with Crippen molar-refractivity contribution in [3.63, 3.8) is 0 Å². The lowest BCUT2D eigenvalue weighted by Gasteiger charge is -2.16. The number of amides is 1. The van der Waals surface area contributed by atoms with Crippen molar-refractivity contribution in [1.82, 2.24) is 14.9 Å². The molecule has 11 heteroatoms. The minimum Gasteiger partial charge on any atom is -0.437 e. The number of nitrogen functional groups attached to an aromatic ring is 1. The van der Waals surface area contributed by atoms with Gasteiger partial charge >= 0.3 is 6.01 Å². The second-order valence-corrected chi connectivity index (χ2v) is 8.96. The van der Waals surface area contributed by atoms with Crippen LogP contribution in [-0.4, -0.2) is 46.7 Å². The molecule has 200 valence electrons. The summed E-state index contributed by atoms with van der Waals surface area (Å²) in [5, 5.41) is 12.5. The molecule has 0 saturated carbocycles. The molecule has 0 fully saturated rings. The van der Waals surface area contributed by atoms with Gasteiger partial charge in [0.2, 0.25) is 5.91 Å². The molecule has 1 amide bonds. The Kier molecular flexibility index (Phi) is 7.41. The number of nitriles is 1. The number of rotatable bonds is 9. The summed E-state index contributed by atoms with van der Waals surface area (Å²) in [7, 11) is 1.99. The minimum atomic E-state index is -0.760. The molecule has 0 spiro atoms. The van der Waals surface area contributed by atoms with Crippen molar-refractivity contribution in [2.75, 3.05) is 31.2 Å². The van der Waals surface area contributed by atoms with E-state index in [-0.39, 0.29) is 34.5 Å². The summed E-state index contributed by atoms with van der Waals surface area (Å²) >= 11 is 0. The lowest BCUT2D eigenvalue weighted by Crippen LogP contribution is -2.23. The van der Waals surface area contributed by atoms with E-state index in [1.165, 1.54) is 18.2 Å². The average molecular weight is 535 g/mol. The van der Waals surface area contributed by atoms with Crippen LogP contribution in [0.1, 0.15) is 27.0 Å². The quantitative estimate of drug-likeness (QED) is 0.288. The van der Waals surface area contributed by atoms with Gasteiger partial charge in [-0.05, 0) is 35.9 Å². The fraction of sp³-hybridized carbons (Fsp3) is 0.138. The molecule has 0 bridgehead atoms. The van der Waals surface area contributed by atoms with E-state index in [0.29, 0.717) is 18.1 Å². The number of carbonyl (C=O) groups excluding carboxylic acids is 1. The van der Waals surface area contributed by atoms with Crippen LogP contribution in [0.3, 0.4) is 0 Å². The lowest BCUT2D eigenvalue weighted by molar-refractivity contribution is 0.0999. The topological polar surface area (TPSA) is 165 Å². The normalized spacial score (nSPS) is 12.4. The molecular weight excluding hydrogens is 508 g/mol. The van der Waals surface area contributed by atoms with E-state index in [4.69, 9.17) is 20.9 Å². The van der Waals surface area contributed by atoms with Crippen molar-refractivity contribution >= 4 is 23.2 Å². The number of carbonyl (C=O) groups is 1. The number of nitrogens with one attached hydrogen (secondary N) is 1. The Bertz CT molecular complexity index is 1630. The van der Waals surface area contributed by atoms with E-state index in [0.717, 1.165) is 30.1 Å². The van der Waals surface area contributed by atoms with Crippen LogP contribution in [0, 0.1) is 11.3 Å². The van der Waals surface area contributed by atoms with Crippen LogP contribution in [0.25, 0.3) is 0 Å². The number of likely N-dealkylation sites (N-methyl/N-ethyl adjacent to an activating group) is 1. The van der Waals surface area contributed by atoms with Crippen LogP contribution in [0.5, 0.6) is 23.4 Å². The molecule has 0 radical (unpaired) electrons. The number of benzene rings is 3. The van der Waals surface area contributed by atoms with Crippen molar-refractivity contribution in [3.8, 4) is 29.5 Å². The standard InChI is InChI=1S/C29H26N8O3/c1-37-13-12-33-27(37)19-8-5-9-21(14-19)40-29-35-26(34-17-18-6-3-2-4-7-18)24(31)28(36-29)39-22-11-10-20(16-30)23(15-22)25(32)38/h2-11,14-15H,12-13,17,31H2,1H3,(H2,32,38)(H,34,35,36). The predicted molar refractivity (Wildman–Crippen MR) is 151 cm³/mol. The van der Waals surface area contributed by atoms with E-state index < -0.39 is 5.91 Å². The van der Waals surface area contributed by atoms with Gasteiger partial charge in [0, 0.05) is 25.7 Å². The Morgan fingerprint density at radius 1 is 1.05 bits per heavy atom. The molecule has 40 heavy (non-hydrogen) atoms. The van der Waals surface area contributed by atoms with Gasteiger partial charge in [0.1, 0.15) is 23.0 Å². The van der Waals surface area contributed by atoms with Gasteiger partial charge in [-0.15, -0.1) is 0 Å². The summed E-state index contributed by atoms with van der Waals surface area (Å²) in [6.45, 7) is 2.03. The monoisotopic (exact) mass is 534 g/mol. The maximum atomic E-state index is 11.9. The molecule has 3 aromatic carbocycles. The first-order chi connectivity index (χ1) is 19.4. The van der Waals surface area contributed by atoms with Gasteiger partial charge < -0.3 is 31.2 Å². The number of anilines is 2. The highest BCUT2D eigenvalue weighted by atomic mass is 16.5. The lowest BCUT2D eigenvalue weighted by atomic mass is 10.1. The van der Waals surface area contributed by atoms with E-state index in [9.17, 15) is 10.1 Å². The van der Waals surface area contributed by atoms with Crippen molar-refractivity contribution < 1.29 is 14.3 Å². The van der Waals surface area contributed by atoms with Gasteiger partial charge in [0.05, 0.1) is 23.7 Å². The third-order valence-corrected chi connectivity index (χ3v) is 6.14. The van der Waals surface area contributed by atoms with Crippen LogP contribution in [0.2, 0.25) is 0 Å². The first kappa shape index (κ1) is 26.0. The summed E-state index contributed by atoms with van der Waals surface area (Å²) in [5.74, 6) is 1.12. The Labute approximate surface area is 230 Å². The molecule has 1 aliphatic heterocycles. The van der Waals surface area contributed by atoms with Crippen molar-refractivity contribution in [2.24, 2.45) is 10.7 Å². The van der Waals surface area contributed by atoms with Crippen molar-refractivity contribution in [3.05, 3.63) is 95.1 Å². The molecule has 2 heterocycles. The minimum absolute atomic E-state index is 0.00301. The first-order valence-electron chi connectivity index (χ1n) is 12.4. The molecule has 1 aromatic heterocycles. The van der Waals surface area contributed by atoms with Gasteiger partial charge in [-0.2, -0.15) is 15.2 Å². The van der Waals surface area contributed by atoms with Crippen LogP contribution in [-0.2, 0) is 6.54 Å². The molecule has 0 unspecified atom stereocenters. The number of aromatic nitrogens is 2. The van der Waals surface area contributed by atoms with Crippen LogP contribution < -0.4 is 26.3 Å². The van der Waals surface area contributed by atoms with E-state index in [1.54, 1.807) is 6.07 Å². The Morgan fingerprint density at radius 3 is 2.58 bits per heavy atom. The zero-order valence-corrected chi connectivity index (χ0v) is 21.7. The highest BCUT2D eigenvalue weighted by Crippen LogP contribution is 2.34. The Balaban J connectivity index is 1.48. The largest absolute Gasteiger partial charge is 0.437 e. The SMILES string of the molecule is CN1CCN=C1c1cccc(Oc2nc(NCc3ccccc3)c(N)c(Oc3ccc(C#N)c(C(N)=O)c3)n2)c1. The number of hydrogen-bond acceptors (Lipinski definition) is 10. The highest BCUT2D eigenvalue weighted by Gasteiger charge is 2.19. The van der Waals surface area contributed by atoms with Crippen LogP contribution in [0.4, 0.5) is 11.5 Å². The molecule has 1 aliphatic rings. The van der Waals surface area contributed by atoms with Gasteiger partial charge in [-0.1, -0.05) is 42.5 Å². The van der Waals surface area contributed by atoms with Gasteiger partial charge in [0.15, 0.2) is 5.82 Å². The van der Waals surface area contributed by atoms with Crippen LogP contribution >= 0.6 is 0 Å². The zero-order chi connectivity index (χ0) is 28.1. The second kappa shape index (κ2) is 11.4. The first-order valence-corrected chi connectivity index (χ1v) is 12.4. The summed E-state index contributed by atoms with van der Waals surface area (Å²) in [6, 6.07) is 23.5. The summed E-state index contributed by atoms with van der Waals surface area (Å²) in [4.78, 5) is 27.4. The number of nitrogens with two attached hydrogens (primary N) is 2. The molecule has 0 saturated heterocycles. The van der Waals surface area contributed by atoms with Gasteiger partial charge in [-0.25, -0.2) is 0 Å². The number of primary amides is 1. The fourth-order valence-corrected chi connectivity index (χ4v) is 4.12. The molecule has 11 nitrogen and oxygen atoms in total. The van der Waals surface area contributed by atoms with Crippen LogP contribution in [0.15, 0.2) is 77.8 Å². The molecule has 4 aromatic rings. The molecule has 5 N–H and O–H groups in total. The fourth-order valence-electron chi connectivity index (χ4n) is 4.12. The third-order valence-electron chi connectivity index (χ3n) is 6.14. The second-order valence-electron chi connectivity index (χ2n) is 8.96. The number of amidine groups is 1. The summed E-state index contributed by atoms with van der Waals surface area (Å²) in [6.07, 6.45) is 0.